The maximum atomic E-state index is 4.41. The van der Waals surface area contributed by atoms with E-state index in [1.807, 2.05) is 20.2 Å². The minimum Gasteiger partial charge on any atom is -0.358 e. The van der Waals surface area contributed by atoms with Crippen LogP contribution in [0.15, 0.2) is 35.4 Å². The summed E-state index contributed by atoms with van der Waals surface area (Å²) in [5, 5.41) is 3.10. The van der Waals surface area contributed by atoms with Gasteiger partial charge in [-0.25, -0.2) is 4.98 Å². The van der Waals surface area contributed by atoms with E-state index in [4.69, 9.17) is 0 Å². The summed E-state index contributed by atoms with van der Waals surface area (Å²) in [5.41, 5.74) is 2.15. The molecule has 0 radical (unpaired) electrons. The normalized spacial score (nSPS) is 10.4. The Hall–Kier alpha value is -1.42. The lowest BCUT2D eigenvalue weighted by Crippen LogP contribution is -2.00. The average molecular weight is 233 g/mol. The molecule has 16 heavy (non-hydrogen) atoms. The highest BCUT2D eigenvalue weighted by Crippen LogP contribution is 2.21. The van der Waals surface area contributed by atoms with E-state index < -0.39 is 0 Å². The monoisotopic (exact) mass is 233 g/mol. The molecule has 0 spiro atoms. The van der Waals surface area contributed by atoms with Crippen molar-refractivity contribution in [2.45, 2.75) is 11.8 Å². The number of rotatable bonds is 3. The highest BCUT2D eigenvalue weighted by molar-refractivity contribution is 7.98. The van der Waals surface area contributed by atoms with Crippen LogP contribution in [0.2, 0.25) is 0 Å². The first-order chi connectivity index (χ1) is 7.74. The summed E-state index contributed by atoms with van der Waals surface area (Å²) >= 11 is 1.74. The Morgan fingerprint density at radius 2 is 2.19 bits per heavy atom. The summed E-state index contributed by atoms with van der Waals surface area (Å²) in [6.07, 6.45) is 4.11. The Labute approximate surface area is 99.9 Å². The number of benzene rings is 1. The van der Waals surface area contributed by atoms with Gasteiger partial charge < -0.3 is 5.32 Å². The minimum absolute atomic E-state index is 0.871. The molecule has 1 heterocycles. The molecular formula is C12H15N3S. The first-order valence-corrected chi connectivity index (χ1v) is 6.35. The third-order valence-corrected chi connectivity index (χ3v) is 3.11. The lowest BCUT2D eigenvalue weighted by Gasteiger charge is -2.07. The molecular weight excluding hydrogens is 218 g/mol. The van der Waals surface area contributed by atoms with E-state index in [2.05, 4.69) is 45.4 Å². The predicted octanol–water partition coefficient (Wildman–Crippen LogP) is 2.94. The lowest BCUT2D eigenvalue weighted by molar-refractivity contribution is 1.05. The van der Waals surface area contributed by atoms with E-state index in [-0.39, 0.29) is 0 Å². The minimum atomic E-state index is 0.871. The van der Waals surface area contributed by atoms with Gasteiger partial charge in [-0.05, 0) is 31.4 Å². The summed E-state index contributed by atoms with van der Waals surface area (Å²) in [6.45, 7) is 2.00. The molecule has 1 aromatic heterocycles. The molecule has 0 atom stereocenters. The van der Waals surface area contributed by atoms with Crippen molar-refractivity contribution in [1.29, 1.82) is 0 Å². The summed E-state index contributed by atoms with van der Waals surface area (Å²) in [4.78, 5) is 5.66. The highest BCUT2D eigenvalue weighted by atomic mass is 32.2. The molecule has 2 rings (SSSR count). The van der Waals surface area contributed by atoms with Crippen molar-refractivity contribution in [3.63, 3.8) is 0 Å². The van der Waals surface area contributed by atoms with Gasteiger partial charge in [0.1, 0.15) is 0 Å². The van der Waals surface area contributed by atoms with E-state index >= 15 is 0 Å². The summed E-state index contributed by atoms with van der Waals surface area (Å²) in [7, 11) is 1.89. The fourth-order valence-corrected chi connectivity index (χ4v) is 2.08. The number of aromatic nitrogens is 2. The van der Waals surface area contributed by atoms with Gasteiger partial charge in [0.2, 0.25) is 5.95 Å². The molecule has 1 aromatic carbocycles. The van der Waals surface area contributed by atoms with E-state index in [0.29, 0.717) is 0 Å². The highest BCUT2D eigenvalue weighted by Gasteiger charge is 2.05. The first kappa shape index (κ1) is 11.1. The second-order valence-electron chi connectivity index (χ2n) is 3.53. The molecule has 0 unspecified atom stereocenters. The zero-order chi connectivity index (χ0) is 11.5. The lowest BCUT2D eigenvalue weighted by atomic mass is 10.3. The van der Waals surface area contributed by atoms with Crippen molar-refractivity contribution in [2.24, 2.45) is 0 Å². The number of nitrogens with one attached hydrogen (secondary N) is 1. The maximum absolute atomic E-state index is 4.41. The second kappa shape index (κ2) is 4.61. The third-order valence-electron chi connectivity index (χ3n) is 2.38. The van der Waals surface area contributed by atoms with E-state index in [9.17, 15) is 0 Å². The van der Waals surface area contributed by atoms with Gasteiger partial charge in [-0.3, -0.25) is 4.57 Å². The second-order valence-corrected chi connectivity index (χ2v) is 4.41. The summed E-state index contributed by atoms with van der Waals surface area (Å²) in [6, 6.07) is 8.42. The Balaban J connectivity index is 2.48. The van der Waals surface area contributed by atoms with Crippen molar-refractivity contribution in [3.05, 3.63) is 36.2 Å². The van der Waals surface area contributed by atoms with Gasteiger partial charge in [-0.2, -0.15) is 0 Å². The van der Waals surface area contributed by atoms with Crippen molar-refractivity contribution >= 4 is 17.7 Å². The molecule has 4 heteroatoms. The van der Waals surface area contributed by atoms with Crippen LogP contribution in [0, 0.1) is 6.92 Å². The first-order valence-electron chi connectivity index (χ1n) is 5.13. The number of nitrogens with zero attached hydrogens (tertiary/aromatic N) is 2. The van der Waals surface area contributed by atoms with Gasteiger partial charge in [0, 0.05) is 23.8 Å². The summed E-state index contributed by atoms with van der Waals surface area (Å²) in [5.74, 6) is 0.871. The number of anilines is 1. The van der Waals surface area contributed by atoms with Crippen LogP contribution in [0.1, 0.15) is 5.69 Å². The standard InChI is InChI=1S/C12H15N3S/c1-9-8-15(12(13-2)14-9)10-5-4-6-11(7-10)16-3/h4-8H,1-3H3,(H,13,14). The molecule has 84 valence electrons. The number of imidazole rings is 1. The van der Waals surface area contributed by atoms with Crippen LogP contribution < -0.4 is 5.32 Å². The number of hydrogen-bond acceptors (Lipinski definition) is 3. The molecule has 0 aliphatic rings. The quantitative estimate of drug-likeness (QED) is 0.827. The number of thioether (sulfide) groups is 1. The zero-order valence-corrected chi connectivity index (χ0v) is 10.5. The van der Waals surface area contributed by atoms with E-state index in [0.717, 1.165) is 17.3 Å². The molecule has 0 aliphatic heterocycles. The Morgan fingerprint density at radius 3 is 2.88 bits per heavy atom. The van der Waals surface area contributed by atoms with Crippen LogP contribution in [-0.4, -0.2) is 22.9 Å². The largest absolute Gasteiger partial charge is 0.358 e. The van der Waals surface area contributed by atoms with Crippen LogP contribution in [-0.2, 0) is 0 Å². The molecule has 2 aromatic rings. The fraction of sp³-hybridized carbons (Fsp3) is 0.250. The topological polar surface area (TPSA) is 29.9 Å². The molecule has 0 bridgehead atoms. The smallest absolute Gasteiger partial charge is 0.207 e. The SMILES string of the molecule is CNc1nc(C)cn1-c1cccc(SC)c1. The van der Waals surface area contributed by atoms with Crippen molar-refractivity contribution in [3.8, 4) is 5.69 Å². The van der Waals surface area contributed by atoms with Crippen LogP contribution in [0.5, 0.6) is 0 Å². The van der Waals surface area contributed by atoms with Gasteiger partial charge in [-0.15, -0.1) is 11.8 Å². The van der Waals surface area contributed by atoms with Gasteiger partial charge in [0.25, 0.3) is 0 Å². The summed E-state index contributed by atoms with van der Waals surface area (Å²) < 4.78 is 2.06. The van der Waals surface area contributed by atoms with Crippen LogP contribution in [0.4, 0.5) is 5.95 Å². The predicted molar refractivity (Wildman–Crippen MR) is 69.6 cm³/mol. The Morgan fingerprint density at radius 1 is 1.38 bits per heavy atom. The van der Waals surface area contributed by atoms with E-state index in [1.54, 1.807) is 11.8 Å². The molecule has 1 N–H and O–H groups in total. The van der Waals surface area contributed by atoms with Crippen molar-refractivity contribution in [1.82, 2.24) is 9.55 Å². The molecule has 0 saturated heterocycles. The Kier molecular flexibility index (Phi) is 3.19. The third kappa shape index (κ3) is 2.07. The fourth-order valence-electron chi connectivity index (χ4n) is 1.63. The van der Waals surface area contributed by atoms with Crippen LogP contribution in [0.25, 0.3) is 5.69 Å². The van der Waals surface area contributed by atoms with Crippen molar-refractivity contribution in [2.75, 3.05) is 18.6 Å². The van der Waals surface area contributed by atoms with Crippen molar-refractivity contribution < 1.29 is 0 Å². The van der Waals surface area contributed by atoms with Gasteiger partial charge in [-0.1, -0.05) is 6.07 Å². The maximum Gasteiger partial charge on any atom is 0.207 e. The molecule has 0 fully saturated rings. The van der Waals surface area contributed by atoms with Crippen LogP contribution in [0.3, 0.4) is 0 Å². The van der Waals surface area contributed by atoms with Gasteiger partial charge >= 0.3 is 0 Å². The molecule has 3 nitrogen and oxygen atoms in total. The molecule has 0 amide bonds. The van der Waals surface area contributed by atoms with Crippen LogP contribution >= 0.6 is 11.8 Å². The molecule has 0 saturated carbocycles. The van der Waals surface area contributed by atoms with Gasteiger partial charge in [0.05, 0.1) is 5.69 Å². The van der Waals surface area contributed by atoms with E-state index in [1.165, 1.54) is 4.90 Å². The molecule has 0 aliphatic carbocycles. The average Bonchev–Trinajstić information content (AvgIpc) is 2.70. The Bertz CT molecular complexity index is 491. The number of aryl methyl sites for hydroxylation is 1. The van der Waals surface area contributed by atoms with Gasteiger partial charge in [0.15, 0.2) is 0 Å². The number of hydrogen-bond donors (Lipinski definition) is 1. The zero-order valence-electron chi connectivity index (χ0n) is 9.69.